The summed E-state index contributed by atoms with van der Waals surface area (Å²) in [5, 5.41) is 9.29. The van der Waals surface area contributed by atoms with Crippen LogP contribution < -0.4 is 5.48 Å². The Morgan fingerprint density at radius 2 is 1.79 bits per heavy atom. The third-order valence-corrected chi connectivity index (χ3v) is 2.54. The van der Waals surface area contributed by atoms with Crippen LogP contribution >= 0.6 is 0 Å². The third-order valence-electron chi connectivity index (χ3n) is 2.54. The highest BCUT2D eigenvalue weighted by Gasteiger charge is 2.04. The SMILES string of the molecule is O=C(Cc1cccc(O)c1)NOCc1ccccc1. The fourth-order valence-electron chi connectivity index (χ4n) is 1.66. The summed E-state index contributed by atoms with van der Waals surface area (Å²) in [7, 11) is 0. The molecule has 0 saturated carbocycles. The van der Waals surface area contributed by atoms with Crippen LogP contribution in [0.4, 0.5) is 0 Å². The summed E-state index contributed by atoms with van der Waals surface area (Å²) in [6, 6.07) is 16.2. The first-order valence-corrected chi connectivity index (χ1v) is 5.96. The molecule has 0 saturated heterocycles. The van der Waals surface area contributed by atoms with Gasteiger partial charge in [-0.15, -0.1) is 0 Å². The molecular weight excluding hydrogens is 242 g/mol. The monoisotopic (exact) mass is 257 g/mol. The van der Waals surface area contributed by atoms with Gasteiger partial charge in [-0.2, -0.15) is 0 Å². The molecule has 98 valence electrons. The van der Waals surface area contributed by atoms with Gasteiger partial charge in [0.15, 0.2) is 0 Å². The van der Waals surface area contributed by atoms with Crippen LogP contribution in [-0.2, 0) is 22.7 Å². The number of hydroxylamine groups is 1. The second-order valence-electron chi connectivity index (χ2n) is 4.15. The van der Waals surface area contributed by atoms with E-state index in [1.807, 2.05) is 30.3 Å². The molecule has 0 unspecified atom stereocenters. The number of aromatic hydroxyl groups is 1. The highest BCUT2D eigenvalue weighted by atomic mass is 16.6. The summed E-state index contributed by atoms with van der Waals surface area (Å²) in [6.45, 7) is 0.326. The van der Waals surface area contributed by atoms with Gasteiger partial charge in [0.1, 0.15) is 5.75 Å². The van der Waals surface area contributed by atoms with Gasteiger partial charge in [0.25, 0.3) is 0 Å². The summed E-state index contributed by atoms with van der Waals surface area (Å²) in [6.07, 6.45) is 0.170. The first kappa shape index (κ1) is 13.1. The van der Waals surface area contributed by atoms with Crippen LogP contribution in [0, 0.1) is 0 Å². The lowest BCUT2D eigenvalue weighted by Gasteiger charge is -2.06. The molecule has 0 spiro atoms. The third kappa shape index (κ3) is 4.44. The van der Waals surface area contributed by atoms with Gasteiger partial charge in [-0.1, -0.05) is 42.5 Å². The van der Waals surface area contributed by atoms with E-state index in [0.717, 1.165) is 11.1 Å². The van der Waals surface area contributed by atoms with Crippen molar-refractivity contribution in [3.05, 3.63) is 65.7 Å². The molecule has 0 aromatic heterocycles. The normalized spacial score (nSPS) is 10.1. The van der Waals surface area contributed by atoms with Crippen molar-refractivity contribution >= 4 is 5.91 Å². The van der Waals surface area contributed by atoms with Gasteiger partial charge in [0.05, 0.1) is 13.0 Å². The second kappa shape index (κ2) is 6.56. The summed E-state index contributed by atoms with van der Waals surface area (Å²) < 4.78 is 0. The molecular formula is C15H15NO3. The van der Waals surface area contributed by atoms with Crippen molar-refractivity contribution in [2.75, 3.05) is 0 Å². The molecule has 2 aromatic carbocycles. The zero-order valence-electron chi connectivity index (χ0n) is 10.4. The predicted octanol–water partition coefficient (Wildman–Crippen LogP) is 2.18. The van der Waals surface area contributed by atoms with Crippen LogP contribution in [-0.4, -0.2) is 11.0 Å². The molecule has 2 N–H and O–H groups in total. The van der Waals surface area contributed by atoms with Crippen molar-refractivity contribution in [1.82, 2.24) is 5.48 Å². The van der Waals surface area contributed by atoms with Crippen molar-refractivity contribution in [3.63, 3.8) is 0 Å². The standard InChI is InChI=1S/C15H15NO3/c17-14-8-4-7-13(9-14)10-15(18)16-19-11-12-5-2-1-3-6-12/h1-9,17H,10-11H2,(H,16,18). The molecule has 0 aliphatic rings. The van der Waals surface area contributed by atoms with E-state index in [2.05, 4.69) is 5.48 Å². The first-order chi connectivity index (χ1) is 9.24. The number of phenols is 1. The van der Waals surface area contributed by atoms with Gasteiger partial charge in [-0.05, 0) is 23.3 Å². The number of carbonyl (C=O) groups excluding carboxylic acids is 1. The molecule has 0 bridgehead atoms. The Kier molecular flexibility index (Phi) is 4.53. The van der Waals surface area contributed by atoms with Crippen molar-refractivity contribution in [1.29, 1.82) is 0 Å². The lowest BCUT2D eigenvalue weighted by atomic mass is 10.1. The lowest BCUT2D eigenvalue weighted by molar-refractivity contribution is -0.133. The van der Waals surface area contributed by atoms with E-state index < -0.39 is 0 Å². The molecule has 2 rings (SSSR count). The number of carbonyl (C=O) groups is 1. The lowest BCUT2D eigenvalue weighted by Crippen LogP contribution is -2.25. The smallest absolute Gasteiger partial charge is 0.247 e. The molecule has 0 radical (unpaired) electrons. The molecule has 0 aliphatic heterocycles. The van der Waals surface area contributed by atoms with Crippen LogP contribution in [0.25, 0.3) is 0 Å². The Hall–Kier alpha value is -2.33. The number of rotatable bonds is 5. The number of phenolic OH excluding ortho intramolecular Hbond substituents is 1. The van der Waals surface area contributed by atoms with Crippen molar-refractivity contribution in [2.45, 2.75) is 13.0 Å². The number of amides is 1. The van der Waals surface area contributed by atoms with E-state index in [9.17, 15) is 9.90 Å². The molecule has 0 heterocycles. The summed E-state index contributed by atoms with van der Waals surface area (Å²) in [4.78, 5) is 16.7. The van der Waals surface area contributed by atoms with E-state index >= 15 is 0 Å². The minimum atomic E-state index is -0.249. The Morgan fingerprint density at radius 1 is 1.05 bits per heavy atom. The number of nitrogens with one attached hydrogen (secondary N) is 1. The van der Waals surface area contributed by atoms with Crippen LogP contribution in [0.5, 0.6) is 5.75 Å². The Balaban J connectivity index is 1.76. The molecule has 0 atom stereocenters. The van der Waals surface area contributed by atoms with E-state index in [1.165, 1.54) is 0 Å². The molecule has 0 fully saturated rings. The van der Waals surface area contributed by atoms with E-state index in [4.69, 9.17) is 4.84 Å². The number of hydrogen-bond acceptors (Lipinski definition) is 3. The molecule has 0 aliphatic carbocycles. The average Bonchev–Trinajstić information content (AvgIpc) is 2.40. The van der Waals surface area contributed by atoms with Gasteiger partial charge in [-0.3, -0.25) is 9.63 Å². The summed E-state index contributed by atoms with van der Waals surface area (Å²) in [5.41, 5.74) is 4.10. The summed E-state index contributed by atoms with van der Waals surface area (Å²) in [5.74, 6) is -0.1000. The minimum Gasteiger partial charge on any atom is -0.508 e. The zero-order chi connectivity index (χ0) is 13.5. The summed E-state index contributed by atoms with van der Waals surface area (Å²) >= 11 is 0. The maximum Gasteiger partial charge on any atom is 0.247 e. The average molecular weight is 257 g/mol. The first-order valence-electron chi connectivity index (χ1n) is 5.96. The van der Waals surface area contributed by atoms with E-state index in [1.54, 1.807) is 24.3 Å². The zero-order valence-corrected chi connectivity index (χ0v) is 10.4. The predicted molar refractivity (Wildman–Crippen MR) is 71.2 cm³/mol. The number of benzene rings is 2. The van der Waals surface area contributed by atoms with Gasteiger partial charge in [0.2, 0.25) is 5.91 Å². The highest BCUT2D eigenvalue weighted by molar-refractivity contribution is 5.77. The van der Waals surface area contributed by atoms with Crippen LogP contribution in [0.3, 0.4) is 0 Å². The largest absolute Gasteiger partial charge is 0.508 e. The van der Waals surface area contributed by atoms with Crippen LogP contribution in [0.15, 0.2) is 54.6 Å². The Morgan fingerprint density at radius 3 is 2.53 bits per heavy atom. The fraction of sp³-hybridized carbons (Fsp3) is 0.133. The van der Waals surface area contributed by atoms with Gasteiger partial charge in [0, 0.05) is 0 Å². The van der Waals surface area contributed by atoms with Gasteiger partial charge in [-0.25, -0.2) is 5.48 Å². The number of hydrogen-bond donors (Lipinski definition) is 2. The molecule has 4 heteroatoms. The van der Waals surface area contributed by atoms with Crippen LogP contribution in [0.1, 0.15) is 11.1 Å². The molecule has 4 nitrogen and oxygen atoms in total. The second-order valence-corrected chi connectivity index (χ2v) is 4.15. The Labute approximate surface area is 111 Å². The van der Waals surface area contributed by atoms with E-state index in [-0.39, 0.29) is 18.1 Å². The maximum atomic E-state index is 11.6. The van der Waals surface area contributed by atoms with Crippen molar-refractivity contribution in [3.8, 4) is 5.75 Å². The molecule has 1 amide bonds. The fourth-order valence-corrected chi connectivity index (χ4v) is 1.66. The molecule has 19 heavy (non-hydrogen) atoms. The van der Waals surface area contributed by atoms with E-state index in [0.29, 0.717) is 6.61 Å². The van der Waals surface area contributed by atoms with Crippen molar-refractivity contribution < 1.29 is 14.7 Å². The highest BCUT2D eigenvalue weighted by Crippen LogP contribution is 2.11. The minimum absolute atomic E-state index is 0.149. The van der Waals surface area contributed by atoms with Crippen LogP contribution in [0.2, 0.25) is 0 Å². The van der Waals surface area contributed by atoms with Gasteiger partial charge < -0.3 is 5.11 Å². The maximum absolute atomic E-state index is 11.6. The Bertz CT molecular complexity index is 540. The van der Waals surface area contributed by atoms with Gasteiger partial charge >= 0.3 is 0 Å². The van der Waals surface area contributed by atoms with Crippen molar-refractivity contribution in [2.24, 2.45) is 0 Å². The quantitative estimate of drug-likeness (QED) is 0.807. The topological polar surface area (TPSA) is 58.6 Å². The molecule has 2 aromatic rings.